The van der Waals surface area contributed by atoms with Crippen molar-refractivity contribution in [2.24, 2.45) is 11.5 Å². The summed E-state index contributed by atoms with van der Waals surface area (Å²) in [6, 6.07) is 9.59. The molecule has 2 amide bonds. The minimum atomic E-state index is -0.836. The highest BCUT2D eigenvalue weighted by Crippen LogP contribution is 2.27. The van der Waals surface area contributed by atoms with Gasteiger partial charge in [-0.15, -0.1) is 0 Å². The molecule has 3 aromatic rings. The summed E-state index contributed by atoms with van der Waals surface area (Å²) in [5.41, 5.74) is 13.9. The smallest absolute Gasteiger partial charge is 0.255 e. The number of rotatable bonds is 7. The molecule has 0 saturated heterocycles. The second-order valence-electron chi connectivity index (χ2n) is 8.69. The molecule has 10 heteroatoms. The molecular formula is C25H28FN7O2. The molecule has 0 spiro atoms. The summed E-state index contributed by atoms with van der Waals surface area (Å²) in [6.07, 6.45) is 6.64. The minimum absolute atomic E-state index is 0.0170. The molecule has 2 aromatic heterocycles. The molecule has 4 rings (SSSR count). The molecule has 0 aliphatic heterocycles. The Bertz CT molecular complexity index is 1230. The van der Waals surface area contributed by atoms with Crippen molar-refractivity contribution in [2.75, 3.05) is 16.0 Å². The molecule has 1 aliphatic rings. The zero-order chi connectivity index (χ0) is 24.9. The standard InChI is InChI=1S/C25H28FN7O2/c1-14-6-8-15(9-7-14)25(35)31-17-10-16(12-29-13-17)30-23-18(22(28)34)11-19(26)24(33-23)32-21-5-3-2-4-20(21)27/h6-13,20-21H,2-5,27H2,1H3,(H2,28,34)(H,31,35)(H2,30,32,33)/t20-,21?/m0/s1. The van der Waals surface area contributed by atoms with Crippen LogP contribution in [0.4, 0.5) is 27.4 Å². The van der Waals surface area contributed by atoms with Crippen LogP contribution in [0.1, 0.15) is 52.0 Å². The van der Waals surface area contributed by atoms with Crippen LogP contribution in [0.3, 0.4) is 0 Å². The number of benzene rings is 1. The van der Waals surface area contributed by atoms with Crippen LogP contribution in [0.25, 0.3) is 0 Å². The molecule has 1 aliphatic carbocycles. The lowest BCUT2D eigenvalue weighted by Crippen LogP contribution is -2.43. The van der Waals surface area contributed by atoms with E-state index >= 15 is 0 Å². The fraction of sp³-hybridized carbons (Fsp3) is 0.280. The number of halogens is 1. The second kappa shape index (κ2) is 10.5. The molecule has 1 unspecified atom stereocenters. The van der Waals surface area contributed by atoms with E-state index in [4.69, 9.17) is 11.5 Å². The summed E-state index contributed by atoms with van der Waals surface area (Å²) in [5.74, 6) is -1.78. The first-order valence-corrected chi connectivity index (χ1v) is 11.4. The van der Waals surface area contributed by atoms with Crippen LogP contribution in [-0.2, 0) is 0 Å². The third-order valence-corrected chi connectivity index (χ3v) is 5.96. The number of aryl methyl sites for hydroxylation is 1. The topological polar surface area (TPSA) is 148 Å². The average Bonchev–Trinajstić information content (AvgIpc) is 2.83. The van der Waals surface area contributed by atoms with Crippen molar-refractivity contribution < 1.29 is 14.0 Å². The highest BCUT2D eigenvalue weighted by atomic mass is 19.1. The third kappa shape index (κ3) is 5.90. The third-order valence-electron chi connectivity index (χ3n) is 5.96. The Hall–Kier alpha value is -4.05. The predicted octanol–water partition coefficient (Wildman–Crippen LogP) is 3.70. The van der Waals surface area contributed by atoms with E-state index in [9.17, 15) is 14.0 Å². The SMILES string of the molecule is Cc1ccc(C(=O)Nc2cncc(Nc3nc(NC4CCCC[C@@H]4N)c(F)cc3C(N)=O)c2)cc1. The van der Waals surface area contributed by atoms with Gasteiger partial charge in [-0.05, 0) is 44.0 Å². The normalized spacial score (nSPS) is 17.5. The van der Waals surface area contributed by atoms with E-state index in [0.29, 0.717) is 16.9 Å². The van der Waals surface area contributed by atoms with Crippen LogP contribution in [-0.4, -0.2) is 33.9 Å². The van der Waals surface area contributed by atoms with E-state index in [1.54, 1.807) is 18.2 Å². The number of nitrogens with one attached hydrogen (secondary N) is 3. The molecule has 2 atom stereocenters. The van der Waals surface area contributed by atoms with Crippen molar-refractivity contribution in [1.82, 2.24) is 9.97 Å². The molecule has 0 bridgehead atoms. The Morgan fingerprint density at radius 2 is 1.74 bits per heavy atom. The molecule has 9 nitrogen and oxygen atoms in total. The summed E-state index contributed by atoms with van der Waals surface area (Å²) < 4.78 is 14.7. The van der Waals surface area contributed by atoms with Gasteiger partial charge < -0.3 is 27.4 Å². The summed E-state index contributed by atoms with van der Waals surface area (Å²) in [5, 5.41) is 8.82. The Morgan fingerprint density at radius 3 is 2.46 bits per heavy atom. The van der Waals surface area contributed by atoms with Crippen LogP contribution in [0.5, 0.6) is 0 Å². The first-order chi connectivity index (χ1) is 16.8. The number of amides is 2. The summed E-state index contributed by atoms with van der Waals surface area (Å²) in [7, 11) is 0. The van der Waals surface area contributed by atoms with Gasteiger partial charge >= 0.3 is 0 Å². The largest absolute Gasteiger partial charge is 0.365 e. The van der Waals surface area contributed by atoms with Gasteiger partial charge in [0.15, 0.2) is 11.6 Å². The number of hydrogen-bond acceptors (Lipinski definition) is 7. The summed E-state index contributed by atoms with van der Waals surface area (Å²) >= 11 is 0. The van der Waals surface area contributed by atoms with Gasteiger partial charge in [-0.2, -0.15) is 0 Å². The molecular weight excluding hydrogens is 449 g/mol. The fourth-order valence-corrected chi connectivity index (χ4v) is 4.01. The number of carbonyl (C=O) groups excluding carboxylic acids is 2. The maximum absolute atomic E-state index is 14.7. The Labute approximate surface area is 202 Å². The summed E-state index contributed by atoms with van der Waals surface area (Å²) in [6.45, 7) is 1.94. The van der Waals surface area contributed by atoms with Crippen molar-refractivity contribution in [1.29, 1.82) is 0 Å². The van der Waals surface area contributed by atoms with Crippen molar-refractivity contribution in [2.45, 2.75) is 44.7 Å². The molecule has 182 valence electrons. The molecule has 0 radical (unpaired) electrons. The van der Waals surface area contributed by atoms with Gasteiger partial charge in [-0.3, -0.25) is 14.6 Å². The van der Waals surface area contributed by atoms with Crippen LogP contribution in [0.2, 0.25) is 0 Å². The molecule has 35 heavy (non-hydrogen) atoms. The first-order valence-electron chi connectivity index (χ1n) is 11.4. The molecule has 1 fully saturated rings. The van der Waals surface area contributed by atoms with E-state index in [-0.39, 0.29) is 35.2 Å². The quantitative estimate of drug-likeness (QED) is 0.348. The first kappa shape index (κ1) is 24.1. The van der Waals surface area contributed by atoms with Crippen molar-refractivity contribution in [3.8, 4) is 0 Å². The van der Waals surface area contributed by atoms with Crippen LogP contribution < -0.4 is 27.4 Å². The van der Waals surface area contributed by atoms with Gasteiger partial charge in [-0.1, -0.05) is 30.5 Å². The molecule has 1 aromatic carbocycles. The molecule has 1 saturated carbocycles. The number of pyridine rings is 2. The lowest BCUT2D eigenvalue weighted by molar-refractivity contribution is 0.0997. The van der Waals surface area contributed by atoms with Gasteiger partial charge in [-0.25, -0.2) is 9.37 Å². The maximum Gasteiger partial charge on any atom is 0.255 e. The number of carbonyl (C=O) groups is 2. The van der Waals surface area contributed by atoms with Crippen LogP contribution >= 0.6 is 0 Å². The lowest BCUT2D eigenvalue weighted by Gasteiger charge is -2.30. The number of nitrogens with two attached hydrogens (primary N) is 2. The van der Waals surface area contributed by atoms with Crippen LogP contribution in [0, 0.1) is 12.7 Å². The molecule has 2 heterocycles. The van der Waals surface area contributed by atoms with Crippen molar-refractivity contribution in [3.63, 3.8) is 0 Å². The number of hydrogen-bond donors (Lipinski definition) is 5. The van der Waals surface area contributed by atoms with E-state index < -0.39 is 11.7 Å². The number of aromatic nitrogens is 2. The fourth-order valence-electron chi connectivity index (χ4n) is 4.01. The monoisotopic (exact) mass is 477 g/mol. The lowest BCUT2D eigenvalue weighted by atomic mass is 9.91. The van der Waals surface area contributed by atoms with E-state index in [0.717, 1.165) is 37.3 Å². The van der Waals surface area contributed by atoms with E-state index in [1.165, 1.54) is 12.4 Å². The van der Waals surface area contributed by atoms with Gasteiger partial charge in [0, 0.05) is 17.6 Å². The number of anilines is 4. The highest BCUT2D eigenvalue weighted by molar-refractivity contribution is 6.04. The van der Waals surface area contributed by atoms with Crippen LogP contribution in [0.15, 0.2) is 48.8 Å². The predicted molar refractivity (Wildman–Crippen MR) is 133 cm³/mol. The zero-order valence-corrected chi connectivity index (χ0v) is 19.3. The Kier molecular flexibility index (Phi) is 7.21. The Morgan fingerprint density at radius 1 is 1.03 bits per heavy atom. The van der Waals surface area contributed by atoms with Crippen molar-refractivity contribution >= 4 is 34.8 Å². The van der Waals surface area contributed by atoms with E-state index in [1.807, 2.05) is 19.1 Å². The summed E-state index contributed by atoms with van der Waals surface area (Å²) in [4.78, 5) is 32.9. The maximum atomic E-state index is 14.7. The van der Waals surface area contributed by atoms with Gasteiger partial charge in [0.25, 0.3) is 11.8 Å². The van der Waals surface area contributed by atoms with Gasteiger partial charge in [0.2, 0.25) is 0 Å². The Balaban J connectivity index is 1.56. The average molecular weight is 478 g/mol. The minimum Gasteiger partial charge on any atom is -0.365 e. The van der Waals surface area contributed by atoms with Gasteiger partial charge in [0.05, 0.1) is 29.3 Å². The molecule has 7 N–H and O–H groups in total. The van der Waals surface area contributed by atoms with Gasteiger partial charge in [0.1, 0.15) is 5.82 Å². The van der Waals surface area contributed by atoms with Crippen molar-refractivity contribution in [3.05, 3.63) is 71.3 Å². The second-order valence-corrected chi connectivity index (χ2v) is 8.69. The zero-order valence-electron chi connectivity index (χ0n) is 19.3. The highest BCUT2D eigenvalue weighted by Gasteiger charge is 2.24. The van der Waals surface area contributed by atoms with E-state index in [2.05, 4.69) is 25.9 Å². The number of nitrogens with zero attached hydrogens (tertiary/aromatic N) is 2. The number of primary amides is 1.